The zero-order valence-electron chi connectivity index (χ0n) is 11.1. The Bertz CT molecular complexity index is 547. The summed E-state index contributed by atoms with van der Waals surface area (Å²) in [6.45, 7) is 2.28. The fourth-order valence-electron chi connectivity index (χ4n) is 2.47. The van der Waals surface area contributed by atoms with Crippen LogP contribution in [0.5, 0.6) is 5.75 Å². The molecule has 0 amide bonds. The standard InChI is InChI=1S/C15H18N2OS/c1-18-14-8-4-3-7-12(14)13-11-19-15(16-13)17-9-5-2-6-10-17/h3-4,7-8,11H,2,5-6,9-10H2,1H3. The van der Waals surface area contributed by atoms with Gasteiger partial charge in [-0.15, -0.1) is 11.3 Å². The minimum Gasteiger partial charge on any atom is -0.496 e. The van der Waals surface area contributed by atoms with Gasteiger partial charge in [0.25, 0.3) is 0 Å². The van der Waals surface area contributed by atoms with E-state index in [4.69, 9.17) is 9.72 Å². The van der Waals surface area contributed by atoms with E-state index in [0.717, 1.165) is 35.2 Å². The van der Waals surface area contributed by atoms with E-state index < -0.39 is 0 Å². The second-order valence-corrected chi connectivity index (χ2v) is 5.60. The maximum Gasteiger partial charge on any atom is 0.185 e. The summed E-state index contributed by atoms with van der Waals surface area (Å²) in [5.74, 6) is 0.887. The lowest BCUT2D eigenvalue weighted by Crippen LogP contribution is -2.29. The van der Waals surface area contributed by atoms with Crippen molar-refractivity contribution in [2.24, 2.45) is 0 Å². The smallest absolute Gasteiger partial charge is 0.185 e. The number of methoxy groups -OCH3 is 1. The third-order valence-electron chi connectivity index (χ3n) is 3.50. The Morgan fingerprint density at radius 3 is 2.74 bits per heavy atom. The largest absolute Gasteiger partial charge is 0.496 e. The Morgan fingerprint density at radius 1 is 1.16 bits per heavy atom. The molecule has 3 rings (SSSR count). The molecular weight excluding hydrogens is 256 g/mol. The summed E-state index contributed by atoms with van der Waals surface area (Å²) in [6, 6.07) is 8.06. The summed E-state index contributed by atoms with van der Waals surface area (Å²) < 4.78 is 5.41. The predicted molar refractivity (Wildman–Crippen MR) is 80.2 cm³/mol. The molecule has 0 bridgehead atoms. The summed E-state index contributed by atoms with van der Waals surface area (Å²) in [4.78, 5) is 7.17. The molecule has 0 radical (unpaired) electrons. The van der Waals surface area contributed by atoms with Crippen molar-refractivity contribution in [3.05, 3.63) is 29.6 Å². The number of piperidine rings is 1. The molecule has 0 saturated carbocycles. The first-order chi connectivity index (χ1) is 9.38. The molecule has 1 aliphatic heterocycles. The number of hydrogen-bond donors (Lipinski definition) is 0. The van der Waals surface area contributed by atoms with Crippen LogP contribution in [-0.2, 0) is 0 Å². The van der Waals surface area contributed by atoms with Gasteiger partial charge in [0.1, 0.15) is 5.75 Å². The van der Waals surface area contributed by atoms with Crippen LogP contribution in [0.15, 0.2) is 29.6 Å². The third kappa shape index (κ3) is 2.59. The summed E-state index contributed by atoms with van der Waals surface area (Å²) >= 11 is 1.73. The molecule has 2 aromatic rings. The van der Waals surface area contributed by atoms with Gasteiger partial charge in [-0.05, 0) is 31.4 Å². The highest BCUT2D eigenvalue weighted by Crippen LogP contribution is 2.33. The molecule has 2 heterocycles. The first-order valence-corrected chi connectivity index (χ1v) is 7.60. The van der Waals surface area contributed by atoms with E-state index in [9.17, 15) is 0 Å². The molecule has 1 fully saturated rings. The highest BCUT2D eigenvalue weighted by molar-refractivity contribution is 7.14. The van der Waals surface area contributed by atoms with Crippen LogP contribution in [0.1, 0.15) is 19.3 Å². The average molecular weight is 274 g/mol. The van der Waals surface area contributed by atoms with Crippen molar-refractivity contribution in [2.75, 3.05) is 25.1 Å². The number of benzene rings is 1. The monoisotopic (exact) mass is 274 g/mol. The van der Waals surface area contributed by atoms with E-state index in [0.29, 0.717) is 0 Å². The van der Waals surface area contributed by atoms with E-state index in [1.807, 2.05) is 18.2 Å². The molecule has 1 aromatic carbocycles. The second-order valence-electron chi connectivity index (χ2n) is 4.76. The van der Waals surface area contributed by atoms with Gasteiger partial charge in [-0.1, -0.05) is 12.1 Å². The zero-order chi connectivity index (χ0) is 13.1. The van der Waals surface area contributed by atoms with Gasteiger partial charge in [-0.2, -0.15) is 0 Å². The number of rotatable bonds is 3. The highest BCUT2D eigenvalue weighted by atomic mass is 32.1. The van der Waals surface area contributed by atoms with Gasteiger partial charge >= 0.3 is 0 Å². The van der Waals surface area contributed by atoms with Crippen LogP contribution in [0.2, 0.25) is 0 Å². The number of aromatic nitrogens is 1. The Morgan fingerprint density at radius 2 is 1.95 bits per heavy atom. The van der Waals surface area contributed by atoms with Crippen molar-refractivity contribution < 1.29 is 4.74 Å². The van der Waals surface area contributed by atoms with Crippen LogP contribution in [0.25, 0.3) is 11.3 Å². The van der Waals surface area contributed by atoms with E-state index in [2.05, 4.69) is 16.3 Å². The lowest BCUT2D eigenvalue weighted by molar-refractivity contribution is 0.416. The SMILES string of the molecule is COc1ccccc1-c1csc(N2CCCCC2)n1. The molecule has 1 aliphatic rings. The third-order valence-corrected chi connectivity index (χ3v) is 4.40. The van der Waals surface area contributed by atoms with E-state index in [1.165, 1.54) is 19.3 Å². The zero-order valence-corrected chi connectivity index (χ0v) is 11.9. The summed E-state index contributed by atoms with van der Waals surface area (Å²) in [7, 11) is 1.71. The number of para-hydroxylation sites is 1. The van der Waals surface area contributed by atoms with Gasteiger partial charge in [0.05, 0.1) is 12.8 Å². The molecule has 1 aromatic heterocycles. The Hall–Kier alpha value is -1.55. The van der Waals surface area contributed by atoms with Crippen molar-refractivity contribution in [2.45, 2.75) is 19.3 Å². The van der Waals surface area contributed by atoms with Crippen LogP contribution in [0.4, 0.5) is 5.13 Å². The quantitative estimate of drug-likeness (QED) is 0.851. The van der Waals surface area contributed by atoms with Gasteiger partial charge in [0, 0.05) is 24.0 Å². The van der Waals surface area contributed by atoms with Gasteiger partial charge < -0.3 is 9.64 Å². The minimum atomic E-state index is 0.887. The second kappa shape index (κ2) is 5.61. The topological polar surface area (TPSA) is 25.4 Å². The average Bonchev–Trinajstić information content (AvgIpc) is 2.98. The molecule has 1 saturated heterocycles. The highest BCUT2D eigenvalue weighted by Gasteiger charge is 2.16. The summed E-state index contributed by atoms with van der Waals surface area (Å²) in [5.41, 5.74) is 2.09. The van der Waals surface area contributed by atoms with E-state index in [1.54, 1.807) is 18.4 Å². The van der Waals surface area contributed by atoms with Crippen LogP contribution in [0.3, 0.4) is 0 Å². The van der Waals surface area contributed by atoms with Crippen LogP contribution in [0, 0.1) is 0 Å². The molecule has 0 N–H and O–H groups in total. The van der Waals surface area contributed by atoms with Crippen molar-refractivity contribution >= 4 is 16.5 Å². The molecule has 19 heavy (non-hydrogen) atoms. The van der Waals surface area contributed by atoms with Gasteiger partial charge in [0.2, 0.25) is 0 Å². The maximum atomic E-state index is 5.41. The summed E-state index contributed by atoms with van der Waals surface area (Å²) in [6.07, 6.45) is 3.91. The van der Waals surface area contributed by atoms with E-state index >= 15 is 0 Å². The predicted octanol–water partition coefficient (Wildman–Crippen LogP) is 3.81. The maximum absolute atomic E-state index is 5.41. The van der Waals surface area contributed by atoms with Crippen LogP contribution in [-0.4, -0.2) is 25.2 Å². The minimum absolute atomic E-state index is 0.887. The Labute approximate surface area is 117 Å². The molecular formula is C15H18N2OS. The molecule has 0 unspecified atom stereocenters. The van der Waals surface area contributed by atoms with Crippen molar-refractivity contribution in [3.8, 4) is 17.0 Å². The van der Waals surface area contributed by atoms with Gasteiger partial charge in [-0.25, -0.2) is 4.98 Å². The van der Waals surface area contributed by atoms with E-state index in [-0.39, 0.29) is 0 Å². The Kier molecular flexibility index (Phi) is 3.69. The number of nitrogens with zero attached hydrogens (tertiary/aromatic N) is 2. The van der Waals surface area contributed by atoms with Gasteiger partial charge in [-0.3, -0.25) is 0 Å². The number of anilines is 1. The number of ether oxygens (including phenoxy) is 1. The molecule has 4 heteroatoms. The Balaban J connectivity index is 1.88. The fraction of sp³-hybridized carbons (Fsp3) is 0.400. The van der Waals surface area contributed by atoms with Crippen molar-refractivity contribution in [3.63, 3.8) is 0 Å². The first kappa shape index (κ1) is 12.5. The van der Waals surface area contributed by atoms with Crippen LogP contribution >= 0.6 is 11.3 Å². The molecule has 0 aliphatic carbocycles. The lowest BCUT2D eigenvalue weighted by atomic mass is 10.1. The normalized spacial score (nSPS) is 15.5. The molecule has 0 spiro atoms. The molecule has 3 nitrogen and oxygen atoms in total. The lowest BCUT2D eigenvalue weighted by Gasteiger charge is -2.25. The fourth-order valence-corrected chi connectivity index (χ4v) is 3.35. The summed E-state index contributed by atoms with van der Waals surface area (Å²) in [5, 5.41) is 3.27. The van der Waals surface area contributed by atoms with Gasteiger partial charge in [0.15, 0.2) is 5.13 Å². The van der Waals surface area contributed by atoms with Crippen molar-refractivity contribution in [1.29, 1.82) is 0 Å². The number of hydrogen-bond acceptors (Lipinski definition) is 4. The molecule has 0 atom stereocenters. The molecule has 100 valence electrons. The van der Waals surface area contributed by atoms with Crippen molar-refractivity contribution in [1.82, 2.24) is 4.98 Å². The first-order valence-electron chi connectivity index (χ1n) is 6.72. The van der Waals surface area contributed by atoms with Crippen LogP contribution < -0.4 is 9.64 Å². The number of thiazole rings is 1.